The van der Waals surface area contributed by atoms with Gasteiger partial charge in [0, 0.05) is 24.0 Å². The van der Waals surface area contributed by atoms with Crippen molar-refractivity contribution in [3.8, 4) is 0 Å². The number of carbonyl (C=O) groups excluding carboxylic acids is 1. The molecule has 0 spiro atoms. The van der Waals surface area contributed by atoms with Crippen molar-refractivity contribution in [3.05, 3.63) is 0 Å². The topological polar surface area (TPSA) is 49.3 Å². The summed E-state index contributed by atoms with van der Waals surface area (Å²) in [4.78, 5) is 11.9. The molecule has 1 fully saturated rings. The second kappa shape index (κ2) is 4.97. The van der Waals surface area contributed by atoms with Gasteiger partial charge in [-0.05, 0) is 19.3 Å². The maximum absolute atomic E-state index is 11.9. The maximum Gasteiger partial charge on any atom is 0.225 e. The van der Waals surface area contributed by atoms with Gasteiger partial charge in [0.25, 0.3) is 0 Å². The molecular formula is C12H23NO2. The van der Waals surface area contributed by atoms with Crippen LogP contribution in [0.5, 0.6) is 0 Å². The van der Waals surface area contributed by atoms with Gasteiger partial charge in [0.05, 0.1) is 0 Å². The first kappa shape index (κ1) is 12.5. The van der Waals surface area contributed by atoms with E-state index in [2.05, 4.69) is 5.32 Å². The molecule has 0 radical (unpaired) electrons. The van der Waals surface area contributed by atoms with E-state index >= 15 is 0 Å². The van der Waals surface area contributed by atoms with E-state index in [1.165, 1.54) is 0 Å². The van der Waals surface area contributed by atoms with Crippen LogP contribution < -0.4 is 5.32 Å². The van der Waals surface area contributed by atoms with E-state index in [4.69, 9.17) is 5.11 Å². The highest BCUT2D eigenvalue weighted by atomic mass is 16.3. The third-order valence-corrected chi connectivity index (χ3v) is 3.71. The average molecular weight is 213 g/mol. The fourth-order valence-electron chi connectivity index (χ4n) is 1.97. The molecule has 1 rings (SSSR count). The molecule has 2 N–H and O–H groups in total. The molecule has 3 nitrogen and oxygen atoms in total. The number of aliphatic hydroxyl groups excluding tert-OH is 1. The molecule has 88 valence electrons. The third kappa shape index (κ3) is 2.94. The van der Waals surface area contributed by atoms with Gasteiger partial charge in [-0.2, -0.15) is 0 Å². The van der Waals surface area contributed by atoms with Gasteiger partial charge in [-0.1, -0.05) is 27.2 Å². The summed E-state index contributed by atoms with van der Waals surface area (Å²) in [6.45, 7) is 6.14. The maximum atomic E-state index is 11.9. The van der Waals surface area contributed by atoms with Crippen molar-refractivity contribution < 1.29 is 9.90 Å². The molecule has 0 aromatic heterocycles. The Bertz CT molecular complexity index is 226. The van der Waals surface area contributed by atoms with Crippen molar-refractivity contribution in [3.63, 3.8) is 0 Å². The lowest BCUT2D eigenvalue weighted by molar-refractivity contribution is -0.130. The molecule has 2 unspecified atom stereocenters. The summed E-state index contributed by atoms with van der Waals surface area (Å²) >= 11 is 0. The highest BCUT2D eigenvalue weighted by molar-refractivity contribution is 5.82. The molecule has 0 bridgehead atoms. The molecule has 1 aliphatic rings. The van der Waals surface area contributed by atoms with Gasteiger partial charge in [0.2, 0.25) is 5.91 Å². The first-order chi connectivity index (χ1) is 7.01. The van der Waals surface area contributed by atoms with Crippen molar-refractivity contribution in [1.29, 1.82) is 0 Å². The van der Waals surface area contributed by atoms with Crippen LogP contribution in [0.3, 0.4) is 0 Å². The van der Waals surface area contributed by atoms with Gasteiger partial charge in [-0.25, -0.2) is 0 Å². The quantitative estimate of drug-likeness (QED) is 0.746. The standard InChI is InChI=1S/C12H23NO2/c1-4-12(2,3)11(15)13-10-7-5-6-9(10)8-14/h9-10,14H,4-8H2,1-3H3,(H,13,15). The van der Waals surface area contributed by atoms with E-state index in [9.17, 15) is 4.79 Å². The summed E-state index contributed by atoms with van der Waals surface area (Å²) in [5.74, 6) is 0.386. The highest BCUT2D eigenvalue weighted by Crippen LogP contribution is 2.27. The summed E-state index contributed by atoms with van der Waals surface area (Å²) in [5, 5.41) is 12.2. The zero-order chi connectivity index (χ0) is 11.5. The molecule has 0 heterocycles. The van der Waals surface area contributed by atoms with Crippen molar-refractivity contribution in [1.82, 2.24) is 5.32 Å². The molecule has 0 aliphatic heterocycles. The van der Waals surface area contributed by atoms with Gasteiger partial charge < -0.3 is 10.4 Å². The summed E-state index contributed by atoms with van der Waals surface area (Å²) in [6.07, 6.45) is 4.00. The number of carbonyl (C=O) groups is 1. The Labute approximate surface area is 92.3 Å². The molecule has 1 saturated carbocycles. The number of nitrogens with one attached hydrogen (secondary N) is 1. The summed E-state index contributed by atoms with van der Waals surface area (Å²) < 4.78 is 0. The lowest BCUT2D eigenvalue weighted by Gasteiger charge is -2.26. The molecule has 2 atom stereocenters. The minimum absolute atomic E-state index is 0.121. The van der Waals surface area contributed by atoms with Crippen LogP contribution >= 0.6 is 0 Å². The van der Waals surface area contributed by atoms with Crippen LogP contribution in [0.4, 0.5) is 0 Å². The Morgan fingerprint density at radius 2 is 2.13 bits per heavy atom. The van der Waals surface area contributed by atoms with Gasteiger partial charge >= 0.3 is 0 Å². The normalized spacial score (nSPS) is 26.7. The van der Waals surface area contributed by atoms with E-state index in [0.29, 0.717) is 0 Å². The van der Waals surface area contributed by atoms with E-state index in [0.717, 1.165) is 25.7 Å². The van der Waals surface area contributed by atoms with E-state index in [1.54, 1.807) is 0 Å². The predicted octanol–water partition coefficient (Wildman–Crippen LogP) is 1.70. The fraction of sp³-hybridized carbons (Fsp3) is 0.917. The van der Waals surface area contributed by atoms with E-state index < -0.39 is 0 Å². The minimum Gasteiger partial charge on any atom is -0.396 e. The zero-order valence-electron chi connectivity index (χ0n) is 10.0. The molecule has 0 aromatic rings. The SMILES string of the molecule is CCC(C)(C)C(=O)NC1CCCC1CO. The smallest absolute Gasteiger partial charge is 0.225 e. The molecule has 15 heavy (non-hydrogen) atoms. The molecular weight excluding hydrogens is 190 g/mol. The predicted molar refractivity (Wildman–Crippen MR) is 60.4 cm³/mol. The van der Waals surface area contributed by atoms with Crippen molar-refractivity contribution >= 4 is 5.91 Å². The number of hydrogen-bond acceptors (Lipinski definition) is 2. The van der Waals surface area contributed by atoms with Gasteiger partial charge in [-0.15, -0.1) is 0 Å². The highest BCUT2D eigenvalue weighted by Gasteiger charge is 2.32. The van der Waals surface area contributed by atoms with Crippen LogP contribution in [0.15, 0.2) is 0 Å². The first-order valence-corrected chi connectivity index (χ1v) is 5.93. The molecule has 1 aliphatic carbocycles. The lowest BCUT2D eigenvalue weighted by Crippen LogP contribution is -2.44. The van der Waals surface area contributed by atoms with Crippen LogP contribution in [0.2, 0.25) is 0 Å². The Balaban J connectivity index is 2.51. The van der Waals surface area contributed by atoms with Crippen molar-refractivity contribution in [2.24, 2.45) is 11.3 Å². The van der Waals surface area contributed by atoms with Gasteiger partial charge in [0.1, 0.15) is 0 Å². The zero-order valence-corrected chi connectivity index (χ0v) is 10.0. The molecule has 1 amide bonds. The number of aliphatic hydroxyl groups is 1. The second-order valence-electron chi connectivity index (χ2n) is 5.19. The van der Waals surface area contributed by atoms with Crippen LogP contribution in [-0.4, -0.2) is 23.7 Å². The Morgan fingerprint density at radius 1 is 1.47 bits per heavy atom. The van der Waals surface area contributed by atoms with Crippen LogP contribution in [-0.2, 0) is 4.79 Å². The summed E-state index contributed by atoms with van der Waals surface area (Å²) in [6, 6.07) is 0.188. The van der Waals surface area contributed by atoms with Crippen molar-refractivity contribution in [2.45, 2.75) is 52.5 Å². The van der Waals surface area contributed by atoms with Gasteiger partial charge in [-0.3, -0.25) is 4.79 Å². The van der Waals surface area contributed by atoms with Crippen LogP contribution in [0.1, 0.15) is 46.5 Å². The third-order valence-electron chi connectivity index (χ3n) is 3.71. The van der Waals surface area contributed by atoms with Crippen LogP contribution in [0, 0.1) is 11.3 Å². The fourth-order valence-corrected chi connectivity index (χ4v) is 1.97. The summed E-state index contributed by atoms with van der Waals surface area (Å²) in [5.41, 5.74) is -0.289. The van der Waals surface area contributed by atoms with Crippen LogP contribution in [0.25, 0.3) is 0 Å². The number of amides is 1. The second-order valence-corrected chi connectivity index (χ2v) is 5.19. The van der Waals surface area contributed by atoms with E-state index in [-0.39, 0.29) is 29.9 Å². The van der Waals surface area contributed by atoms with Gasteiger partial charge in [0.15, 0.2) is 0 Å². The molecule has 0 aromatic carbocycles. The number of rotatable bonds is 4. The molecule has 0 saturated heterocycles. The monoisotopic (exact) mass is 213 g/mol. The Morgan fingerprint density at radius 3 is 2.67 bits per heavy atom. The number of hydrogen-bond donors (Lipinski definition) is 2. The van der Waals surface area contributed by atoms with E-state index in [1.807, 2.05) is 20.8 Å². The summed E-state index contributed by atoms with van der Waals surface area (Å²) in [7, 11) is 0. The lowest BCUT2D eigenvalue weighted by atomic mass is 9.88. The Kier molecular flexibility index (Phi) is 4.14. The first-order valence-electron chi connectivity index (χ1n) is 5.93. The molecule has 3 heteroatoms. The minimum atomic E-state index is -0.289. The Hall–Kier alpha value is -0.570. The van der Waals surface area contributed by atoms with Crippen molar-refractivity contribution in [2.75, 3.05) is 6.61 Å². The largest absolute Gasteiger partial charge is 0.396 e. The average Bonchev–Trinajstić information content (AvgIpc) is 2.65.